The van der Waals surface area contributed by atoms with Gasteiger partial charge in [0.1, 0.15) is 5.75 Å². The fraction of sp³-hybridized carbons (Fsp3) is 0.632. The number of hydrogen-bond donors (Lipinski definition) is 1. The molecule has 1 amide bonds. The number of nitrogens with one attached hydrogen (secondary N) is 1. The third-order valence-electron chi connectivity index (χ3n) is 4.93. The minimum Gasteiger partial charge on any atom is -0.406 e. The topological polar surface area (TPSA) is 50.8 Å². The molecule has 0 aliphatic carbocycles. The lowest BCUT2D eigenvalue weighted by Crippen LogP contribution is -2.52. The number of amides is 1. The van der Waals surface area contributed by atoms with Crippen LogP contribution in [0.1, 0.15) is 37.0 Å². The minimum atomic E-state index is -4.75. The van der Waals surface area contributed by atoms with E-state index >= 15 is 0 Å². The van der Waals surface area contributed by atoms with Crippen LogP contribution in [-0.4, -0.2) is 56.1 Å². The first-order valence-electron chi connectivity index (χ1n) is 9.29. The number of carbonyl (C=O) groups excluding carboxylic acids is 1. The number of carbonyl (C=O) groups is 1. The molecule has 0 bridgehead atoms. The van der Waals surface area contributed by atoms with Gasteiger partial charge in [0.05, 0.1) is 13.2 Å². The van der Waals surface area contributed by atoms with Gasteiger partial charge in [-0.3, -0.25) is 9.69 Å². The summed E-state index contributed by atoms with van der Waals surface area (Å²) in [4.78, 5) is 14.8. The first-order valence-corrected chi connectivity index (χ1v) is 9.29. The van der Waals surface area contributed by atoms with Gasteiger partial charge in [-0.15, -0.1) is 13.2 Å². The lowest BCUT2D eigenvalue weighted by atomic mass is 9.92. The summed E-state index contributed by atoms with van der Waals surface area (Å²) < 4.78 is 45.9. The van der Waals surface area contributed by atoms with E-state index in [9.17, 15) is 18.0 Å². The summed E-state index contributed by atoms with van der Waals surface area (Å²) in [7, 11) is 0. The molecule has 5 nitrogen and oxygen atoms in total. The molecular weight excluding hydrogens is 361 g/mol. The third kappa shape index (κ3) is 6.70. The number of alkyl halides is 3. The van der Waals surface area contributed by atoms with Crippen LogP contribution in [0.3, 0.4) is 0 Å². The second-order valence-corrected chi connectivity index (χ2v) is 6.57. The smallest absolute Gasteiger partial charge is 0.406 e. The predicted octanol–water partition coefficient (Wildman–Crippen LogP) is 3.45. The molecule has 1 heterocycles. The highest BCUT2D eigenvalue weighted by molar-refractivity contribution is 5.94. The summed E-state index contributed by atoms with van der Waals surface area (Å²) in [5, 5.41) is 2.93. The molecule has 0 unspecified atom stereocenters. The summed E-state index contributed by atoms with van der Waals surface area (Å²) in [6, 6.07) is 5.15. The summed E-state index contributed by atoms with van der Waals surface area (Å²) in [5.41, 5.74) is 0.301. The van der Waals surface area contributed by atoms with Crippen LogP contribution in [0.5, 0.6) is 5.75 Å². The van der Waals surface area contributed by atoms with Gasteiger partial charge >= 0.3 is 6.36 Å². The van der Waals surface area contributed by atoms with Crippen molar-refractivity contribution < 1.29 is 27.4 Å². The summed E-state index contributed by atoms with van der Waals surface area (Å²) >= 11 is 0. The SMILES string of the molecule is CCC(CC)[C@H](CNC(=O)c1ccc(OC(F)(F)F)cc1)N1CCOCC1. The molecule has 1 aromatic rings. The number of benzene rings is 1. The molecule has 1 aliphatic rings. The molecule has 2 rings (SSSR count). The van der Waals surface area contributed by atoms with Crippen LogP contribution in [0.25, 0.3) is 0 Å². The molecule has 0 saturated carbocycles. The summed E-state index contributed by atoms with van der Waals surface area (Å²) in [6.45, 7) is 7.81. The highest BCUT2D eigenvalue weighted by Crippen LogP contribution is 2.23. The summed E-state index contributed by atoms with van der Waals surface area (Å²) in [6.07, 6.45) is -2.72. The third-order valence-corrected chi connectivity index (χ3v) is 4.93. The maximum Gasteiger partial charge on any atom is 0.573 e. The zero-order chi connectivity index (χ0) is 19.9. The zero-order valence-electron chi connectivity index (χ0n) is 15.7. The Balaban J connectivity index is 1.97. The van der Waals surface area contributed by atoms with Crippen molar-refractivity contribution in [1.29, 1.82) is 0 Å². The molecule has 1 atom stereocenters. The average molecular weight is 388 g/mol. The fourth-order valence-corrected chi connectivity index (χ4v) is 3.44. The van der Waals surface area contributed by atoms with Gasteiger partial charge in [0.15, 0.2) is 0 Å². The van der Waals surface area contributed by atoms with Gasteiger partial charge in [-0.1, -0.05) is 26.7 Å². The van der Waals surface area contributed by atoms with Crippen LogP contribution < -0.4 is 10.1 Å². The Morgan fingerprint density at radius 3 is 2.30 bits per heavy atom. The standard InChI is InChI=1S/C19H27F3N2O3/c1-3-14(4-2)17(24-9-11-26-12-10-24)13-23-18(25)15-5-7-16(8-6-15)27-19(20,21)22/h5-8,14,17H,3-4,9-13H2,1-2H3,(H,23,25)/t17-/m0/s1. The van der Waals surface area contributed by atoms with E-state index in [1.54, 1.807) is 0 Å². The molecule has 1 aliphatic heterocycles. The van der Waals surface area contributed by atoms with Gasteiger partial charge in [0.2, 0.25) is 0 Å². The zero-order valence-corrected chi connectivity index (χ0v) is 15.7. The van der Waals surface area contributed by atoms with E-state index in [-0.39, 0.29) is 17.7 Å². The molecule has 0 radical (unpaired) electrons. The number of rotatable bonds is 8. The van der Waals surface area contributed by atoms with Crippen LogP contribution >= 0.6 is 0 Å². The molecule has 27 heavy (non-hydrogen) atoms. The Kier molecular flexibility index (Phi) is 7.91. The highest BCUT2D eigenvalue weighted by Gasteiger charge is 2.31. The Morgan fingerprint density at radius 2 is 1.78 bits per heavy atom. The molecule has 0 aromatic heterocycles. The van der Waals surface area contributed by atoms with Crippen molar-refractivity contribution >= 4 is 5.91 Å². The number of morpholine rings is 1. The van der Waals surface area contributed by atoms with Crippen molar-refractivity contribution in [3.05, 3.63) is 29.8 Å². The van der Waals surface area contributed by atoms with Crippen LogP contribution in [-0.2, 0) is 4.74 Å². The molecule has 1 fully saturated rings. The second-order valence-electron chi connectivity index (χ2n) is 6.57. The van der Waals surface area contributed by atoms with E-state index in [1.165, 1.54) is 12.1 Å². The van der Waals surface area contributed by atoms with Crippen LogP contribution in [0.15, 0.2) is 24.3 Å². The highest BCUT2D eigenvalue weighted by atomic mass is 19.4. The van der Waals surface area contributed by atoms with E-state index in [0.717, 1.165) is 38.1 Å². The van der Waals surface area contributed by atoms with Crippen molar-refractivity contribution in [1.82, 2.24) is 10.2 Å². The van der Waals surface area contributed by atoms with Crippen LogP contribution in [0.4, 0.5) is 13.2 Å². The summed E-state index contributed by atoms with van der Waals surface area (Å²) in [5.74, 6) is -0.203. The van der Waals surface area contributed by atoms with E-state index in [2.05, 4.69) is 28.8 Å². The first kappa shape index (κ1) is 21.5. The Hall–Kier alpha value is -1.80. The van der Waals surface area contributed by atoms with Gasteiger partial charge < -0.3 is 14.8 Å². The van der Waals surface area contributed by atoms with E-state index < -0.39 is 6.36 Å². The maximum atomic E-state index is 12.4. The predicted molar refractivity (Wildman–Crippen MR) is 95.7 cm³/mol. The van der Waals surface area contributed by atoms with Gasteiger partial charge in [0.25, 0.3) is 5.91 Å². The van der Waals surface area contributed by atoms with E-state index in [0.29, 0.717) is 31.2 Å². The van der Waals surface area contributed by atoms with Crippen molar-refractivity contribution in [3.63, 3.8) is 0 Å². The quantitative estimate of drug-likeness (QED) is 0.741. The molecule has 8 heteroatoms. The molecular formula is C19H27F3N2O3. The van der Waals surface area contributed by atoms with Gasteiger partial charge in [-0.25, -0.2) is 0 Å². The largest absolute Gasteiger partial charge is 0.573 e. The Labute approximate surface area is 157 Å². The Morgan fingerprint density at radius 1 is 1.19 bits per heavy atom. The van der Waals surface area contributed by atoms with E-state index in [1.807, 2.05) is 0 Å². The number of halogens is 3. The number of nitrogens with zero attached hydrogens (tertiary/aromatic N) is 1. The lowest BCUT2D eigenvalue weighted by Gasteiger charge is -2.38. The van der Waals surface area contributed by atoms with Crippen molar-refractivity contribution in [3.8, 4) is 5.75 Å². The molecule has 1 aromatic carbocycles. The monoisotopic (exact) mass is 388 g/mol. The minimum absolute atomic E-state index is 0.209. The maximum absolute atomic E-state index is 12.4. The van der Waals surface area contributed by atoms with Crippen molar-refractivity contribution in [2.75, 3.05) is 32.8 Å². The Bertz CT molecular complexity index is 583. The number of hydrogen-bond acceptors (Lipinski definition) is 4. The molecule has 1 N–H and O–H groups in total. The lowest BCUT2D eigenvalue weighted by molar-refractivity contribution is -0.274. The van der Waals surface area contributed by atoms with Gasteiger partial charge in [-0.05, 0) is 30.2 Å². The number of ether oxygens (including phenoxy) is 2. The van der Waals surface area contributed by atoms with Gasteiger partial charge in [0, 0.05) is 31.2 Å². The van der Waals surface area contributed by atoms with Crippen LogP contribution in [0, 0.1) is 5.92 Å². The molecule has 1 saturated heterocycles. The normalized spacial score (nSPS) is 17.0. The van der Waals surface area contributed by atoms with E-state index in [4.69, 9.17) is 4.74 Å². The molecule has 0 spiro atoms. The first-order chi connectivity index (χ1) is 12.8. The van der Waals surface area contributed by atoms with Crippen molar-refractivity contribution in [2.24, 2.45) is 5.92 Å². The second kappa shape index (κ2) is 9.94. The van der Waals surface area contributed by atoms with Crippen molar-refractivity contribution in [2.45, 2.75) is 39.1 Å². The molecule has 152 valence electrons. The van der Waals surface area contributed by atoms with Crippen LogP contribution in [0.2, 0.25) is 0 Å². The fourth-order valence-electron chi connectivity index (χ4n) is 3.44. The average Bonchev–Trinajstić information content (AvgIpc) is 2.65. The van der Waals surface area contributed by atoms with Gasteiger partial charge in [-0.2, -0.15) is 0 Å².